The summed E-state index contributed by atoms with van der Waals surface area (Å²) < 4.78 is 19.7. The summed E-state index contributed by atoms with van der Waals surface area (Å²) in [4.78, 5) is 19.7. The largest absolute Gasteiger partial charge is 0.378 e. The number of pyridine rings is 1. The molecule has 0 bridgehead atoms. The van der Waals surface area contributed by atoms with Crippen molar-refractivity contribution in [2.75, 3.05) is 61.1 Å². The summed E-state index contributed by atoms with van der Waals surface area (Å²) in [5, 5.41) is 0.309. The van der Waals surface area contributed by atoms with Gasteiger partial charge in [-0.15, -0.1) is 0 Å². The van der Waals surface area contributed by atoms with Crippen LogP contribution in [-0.2, 0) is 4.74 Å². The maximum atomic E-state index is 14.3. The van der Waals surface area contributed by atoms with Crippen LogP contribution in [0, 0.1) is 5.82 Å². The molecular formula is C19H24ClFN6O. The zero-order chi connectivity index (χ0) is 19.5. The van der Waals surface area contributed by atoms with Gasteiger partial charge in [0.2, 0.25) is 5.95 Å². The molecule has 0 aromatic carbocycles. The molecule has 2 aliphatic rings. The molecule has 0 N–H and O–H groups in total. The van der Waals surface area contributed by atoms with Crippen LogP contribution in [0.5, 0.6) is 0 Å². The number of aromatic nitrogens is 3. The van der Waals surface area contributed by atoms with Gasteiger partial charge in [0.05, 0.1) is 18.2 Å². The number of rotatable bonds is 4. The van der Waals surface area contributed by atoms with Crippen LogP contribution in [-0.4, -0.2) is 67.4 Å². The second kappa shape index (κ2) is 8.45. The third kappa shape index (κ3) is 4.12. The minimum Gasteiger partial charge on any atom is -0.378 e. The number of hydrogen-bond donors (Lipinski definition) is 0. The van der Waals surface area contributed by atoms with Gasteiger partial charge >= 0.3 is 0 Å². The fraction of sp³-hybridized carbons (Fsp3) is 0.526. The lowest BCUT2D eigenvalue weighted by molar-refractivity contribution is 0.122. The summed E-state index contributed by atoms with van der Waals surface area (Å²) in [6, 6.07) is 3.44. The van der Waals surface area contributed by atoms with Gasteiger partial charge < -0.3 is 19.4 Å². The van der Waals surface area contributed by atoms with Crippen LogP contribution in [0.4, 0.5) is 22.0 Å². The number of likely N-dealkylation sites (N-methyl/N-ethyl adjacent to an activating group) is 1. The van der Waals surface area contributed by atoms with E-state index >= 15 is 0 Å². The first-order valence-corrected chi connectivity index (χ1v) is 9.94. The molecule has 7 nitrogen and oxygen atoms in total. The van der Waals surface area contributed by atoms with Crippen LogP contribution in [0.15, 0.2) is 24.5 Å². The molecule has 28 heavy (non-hydrogen) atoms. The van der Waals surface area contributed by atoms with Gasteiger partial charge in [-0.3, -0.25) is 0 Å². The van der Waals surface area contributed by atoms with E-state index in [0.29, 0.717) is 30.6 Å². The molecule has 1 unspecified atom stereocenters. The van der Waals surface area contributed by atoms with E-state index in [0.717, 1.165) is 44.2 Å². The summed E-state index contributed by atoms with van der Waals surface area (Å²) in [6.07, 6.45) is 5.26. The standard InChI is InChI=1S/C19H24ClFN6O/c1-25(17-4-5-22-19(24-17)26-7-9-28-10-8-26)15-3-2-6-27(13-15)18-16(21)11-14(20)12-23-18/h4-5,11-12,15H,2-3,6-10,13H2,1H3. The van der Waals surface area contributed by atoms with Gasteiger partial charge in [0, 0.05) is 51.7 Å². The van der Waals surface area contributed by atoms with Crippen LogP contribution in [0.1, 0.15) is 12.8 Å². The monoisotopic (exact) mass is 406 g/mol. The maximum Gasteiger partial charge on any atom is 0.227 e. The van der Waals surface area contributed by atoms with E-state index in [1.54, 1.807) is 6.20 Å². The summed E-state index contributed by atoms with van der Waals surface area (Å²) in [7, 11) is 2.03. The van der Waals surface area contributed by atoms with Crippen molar-refractivity contribution in [3.8, 4) is 0 Å². The normalized spacial score (nSPS) is 20.3. The molecule has 0 amide bonds. The Labute approximate surface area is 169 Å². The van der Waals surface area contributed by atoms with Crippen molar-refractivity contribution in [2.45, 2.75) is 18.9 Å². The summed E-state index contributed by atoms with van der Waals surface area (Å²) >= 11 is 5.84. The molecule has 2 aromatic heterocycles. The van der Waals surface area contributed by atoms with Crippen molar-refractivity contribution < 1.29 is 9.13 Å². The van der Waals surface area contributed by atoms with Crippen LogP contribution >= 0.6 is 11.6 Å². The zero-order valence-corrected chi connectivity index (χ0v) is 16.6. The van der Waals surface area contributed by atoms with E-state index in [-0.39, 0.29) is 11.9 Å². The molecule has 1 atom stereocenters. The van der Waals surface area contributed by atoms with Gasteiger partial charge in [0.15, 0.2) is 11.6 Å². The molecule has 0 spiro atoms. The van der Waals surface area contributed by atoms with Gasteiger partial charge in [-0.25, -0.2) is 14.4 Å². The Morgan fingerprint density at radius 2 is 2.04 bits per heavy atom. The number of halogens is 2. The molecule has 2 saturated heterocycles. The number of hydrogen-bond acceptors (Lipinski definition) is 7. The molecule has 0 aliphatic carbocycles. The number of piperidine rings is 1. The second-order valence-corrected chi connectivity index (χ2v) is 7.56. The Hall–Kier alpha value is -2.19. The number of anilines is 3. The average molecular weight is 407 g/mol. The van der Waals surface area contributed by atoms with Gasteiger partial charge in [-0.05, 0) is 25.0 Å². The summed E-state index contributed by atoms with van der Waals surface area (Å²) in [5.41, 5.74) is 0. The van der Waals surface area contributed by atoms with Gasteiger partial charge in [-0.1, -0.05) is 11.6 Å². The van der Waals surface area contributed by atoms with Crippen molar-refractivity contribution >= 4 is 29.2 Å². The highest BCUT2D eigenvalue weighted by atomic mass is 35.5. The Kier molecular flexibility index (Phi) is 5.77. The van der Waals surface area contributed by atoms with E-state index in [2.05, 4.69) is 19.8 Å². The number of nitrogens with zero attached hydrogens (tertiary/aromatic N) is 6. The quantitative estimate of drug-likeness (QED) is 0.773. The lowest BCUT2D eigenvalue weighted by Gasteiger charge is -2.39. The molecule has 2 fully saturated rings. The first kappa shape index (κ1) is 19.1. The molecule has 2 aromatic rings. The zero-order valence-electron chi connectivity index (χ0n) is 15.9. The van der Waals surface area contributed by atoms with Crippen LogP contribution in [0.25, 0.3) is 0 Å². The number of ether oxygens (including phenoxy) is 1. The first-order chi connectivity index (χ1) is 13.6. The van der Waals surface area contributed by atoms with E-state index in [1.807, 2.05) is 18.0 Å². The summed E-state index contributed by atoms with van der Waals surface area (Å²) in [5.74, 6) is 1.57. The SMILES string of the molecule is CN(c1ccnc(N2CCOCC2)n1)C1CCCN(c2ncc(Cl)cc2F)C1. The van der Waals surface area contributed by atoms with E-state index in [4.69, 9.17) is 21.3 Å². The Balaban J connectivity index is 1.49. The molecule has 4 heterocycles. The lowest BCUT2D eigenvalue weighted by atomic mass is 10.0. The van der Waals surface area contributed by atoms with E-state index in [1.165, 1.54) is 12.3 Å². The van der Waals surface area contributed by atoms with E-state index in [9.17, 15) is 4.39 Å². The third-order valence-corrected chi connectivity index (χ3v) is 5.52. The Morgan fingerprint density at radius 1 is 1.21 bits per heavy atom. The highest BCUT2D eigenvalue weighted by Gasteiger charge is 2.27. The van der Waals surface area contributed by atoms with Crippen LogP contribution in [0.3, 0.4) is 0 Å². The van der Waals surface area contributed by atoms with Crippen LogP contribution in [0.2, 0.25) is 5.02 Å². The van der Waals surface area contributed by atoms with E-state index < -0.39 is 0 Å². The Morgan fingerprint density at radius 3 is 2.82 bits per heavy atom. The molecule has 0 saturated carbocycles. The molecular weight excluding hydrogens is 383 g/mol. The lowest BCUT2D eigenvalue weighted by Crippen LogP contribution is -2.47. The fourth-order valence-electron chi connectivity index (χ4n) is 3.74. The molecule has 4 rings (SSSR count). The molecule has 2 aliphatic heterocycles. The van der Waals surface area contributed by atoms with Gasteiger partial charge in [0.1, 0.15) is 5.82 Å². The highest BCUT2D eigenvalue weighted by molar-refractivity contribution is 6.30. The first-order valence-electron chi connectivity index (χ1n) is 9.56. The van der Waals surface area contributed by atoms with Crippen LogP contribution < -0.4 is 14.7 Å². The van der Waals surface area contributed by atoms with Gasteiger partial charge in [0.25, 0.3) is 0 Å². The fourth-order valence-corrected chi connectivity index (χ4v) is 3.89. The minimum absolute atomic E-state index is 0.207. The van der Waals surface area contributed by atoms with Crippen molar-refractivity contribution in [1.82, 2.24) is 15.0 Å². The minimum atomic E-state index is -0.382. The molecule has 150 valence electrons. The summed E-state index contributed by atoms with van der Waals surface area (Å²) in [6.45, 7) is 4.44. The topological polar surface area (TPSA) is 57.6 Å². The van der Waals surface area contributed by atoms with Crippen molar-refractivity contribution in [3.63, 3.8) is 0 Å². The van der Waals surface area contributed by atoms with Crippen molar-refractivity contribution in [3.05, 3.63) is 35.4 Å². The Bertz CT molecular complexity index is 819. The van der Waals surface area contributed by atoms with Gasteiger partial charge in [-0.2, -0.15) is 4.98 Å². The molecule has 0 radical (unpaired) electrons. The predicted octanol–water partition coefficient (Wildman–Crippen LogP) is 2.61. The smallest absolute Gasteiger partial charge is 0.227 e. The number of morpholine rings is 1. The highest BCUT2D eigenvalue weighted by Crippen LogP contribution is 2.26. The maximum absolute atomic E-state index is 14.3. The third-order valence-electron chi connectivity index (χ3n) is 5.32. The second-order valence-electron chi connectivity index (χ2n) is 7.13. The molecule has 9 heteroatoms. The average Bonchev–Trinajstić information content (AvgIpc) is 2.74. The predicted molar refractivity (Wildman–Crippen MR) is 108 cm³/mol. The van der Waals surface area contributed by atoms with Crippen molar-refractivity contribution in [1.29, 1.82) is 0 Å². The van der Waals surface area contributed by atoms with Crippen molar-refractivity contribution in [2.24, 2.45) is 0 Å².